The number of ether oxygens (including phenoxy) is 1. The summed E-state index contributed by atoms with van der Waals surface area (Å²) in [4.78, 5) is 0. The molecule has 1 aromatic carbocycles. The maximum absolute atomic E-state index is 9.21. The molecule has 1 aliphatic rings. The second-order valence-electron chi connectivity index (χ2n) is 4.33. The first-order valence-electron chi connectivity index (χ1n) is 5.86. The van der Waals surface area contributed by atoms with Crippen LogP contribution in [0.25, 0.3) is 0 Å². The van der Waals surface area contributed by atoms with E-state index in [4.69, 9.17) is 4.74 Å². The SMILES string of the molecule is CCOc1ccccc1CNC1(CO)CC1. The molecular formula is C13H19NO2. The summed E-state index contributed by atoms with van der Waals surface area (Å²) in [5, 5.41) is 12.6. The number of hydrogen-bond acceptors (Lipinski definition) is 3. The third-order valence-electron chi connectivity index (χ3n) is 3.08. The van der Waals surface area contributed by atoms with Gasteiger partial charge in [0, 0.05) is 17.6 Å². The average molecular weight is 221 g/mol. The van der Waals surface area contributed by atoms with Crippen molar-refractivity contribution in [1.82, 2.24) is 5.32 Å². The van der Waals surface area contributed by atoms with Crippen molar-refractivity contribution in [3.63, 3.8) is 0 Å². The fraction of sp³-hybridized carbons (Fsp3) is 0.538. The zero-order valence-electron chi connectivity index (χ0n) is 9.70. The second-order valence-corrected chi connectivity index (χ2v) is 4.33. The predicted molar refractivity (Wildman–Crippen MR) is 63.5 cm³/mol. The third kappa shape index (κ3) is 2.54. The molecule has 1 aliphatic carbocycles. The van der Waals surface area contributed by atoms with Gasteiger partial charge < -0.3 is 15.2 Å². The molecule has 0 unspecified atom stereocenters. The highest BCUT2D eigenvalue weighted by Gasteiger charge is 2.41. The molecule has 0 aliphatic heterocycles. The zero-order chi connectivity index (χ0) is 11.4. The zero-order valence-corrected chi connectivity index (χ0v) is 9.70. The number of aliphatic hydroxyl groups is 1. The Hall–Kier alpha value is -1.06. The van der Waals surface area contributed by atoms with Crippen LogP contribution in [0.15, 0.2) is 24.3 Å². The Labute approximate surface area is 96.4 Å². The average Bonchev–Trinajstić information content (AvgIpc) is 3.09. The van der Waals surface area contributed by atoms with Crippen LogP contribution in [0, 0.1) is 0 Å². The van der Waals surface area contributed by atoms with Gasteiger partial charge in [0.25, 0.3) is 0 Å². The van der Waals surface area contributed by atoms with Crippen LogP contribution in [0.2, 0.25) is 0 Å². The number of hydrogen-bond donors (Lipinski definition) is 2. The highest BCUT2D eigenvalue weighted by Crippen LogP contribution is 2.35. The van der Waals surface area contributed by atoms with E-state index in [-0.39, 0.29) is 12.1 Å². The Morgan fingerprint density at radius 3 is 2.75 bits per heavy atom. The van der Waals surface area contributed by atoms with Gasteiger partial charge in [0.05, 0.1) is 13.2 Å². The van der Waals surface area contributed by atoms with Crippen LogP contribution < -0.4 is 10.1 Å². The molecule has 1 fully saturated rings. The minimum atomic E-state index is -0.0146. The van der Waals surface area contributed by atoms with Crippen molar-refractivity contribution in [2.75, 3.05) is 13.2 Å². The van der Waals surface area contributed by atoms with Crippen LogP contribution >= 0.6 is 0 Å². The number of benzene rings is 1. The van der Waals surface area contributed by atoms with E-state index in [1.807, 2.05) is 25.1 Å². The number of para-hydroxylation sites is 1. The molecule has 88 valence electrons. The van der Waals surface area contributed by atoms with Gasteiger partial charge in [0.15, 0.2) is 0 Å². The fourth-order valence-corrected chi connectivity index (χ4v) is 1.77. The van der Waals surface area contributed by atoms with Gasteiger partial charge in [0.2, 0.25) is 0 Å². The van der Waals surface area contributed by atoms with Gasteiger partial charge >= 0.3 is 0 Å². The normalized spacial score (nSPS) is 17.1. The smallest absolute Gasteiger partial charge is 0.123 e. The van der Waals surface area contributed by atoms with E-state index in [0.29, 0.717) is 6.61 Å². The summed E-state index contributed by atoms with van der Waals surface area (Å²) in [5.41, 5.74) is 1.14. The maximum Gasteiger partial charge on any atom is 0.123 e. The molecule has 3 heteroatoms. The Kier molecular flexibility index (Phi) is 3.46. The number of aliphatic hydroxyl groups excluding tert-OH is 1. The summed E-state index contributed by atoms with van der Waals surface area (Å²) in [7, 11) is 0. The lowest BCUT2D eigenvalue weighted by Gasteiger charge is -2.16. The molecule has 0 heterocycles. The Morgan fingerprint density at radius 2 is 2.12 bits per heavy atom. The van der Waals surface area contributed by atoms with Gasteiger partial charge in [-0.1, -0.05) is 18.2 Å². The topological polar surface area (TPSA) is 41.5 Å². The second kappa shape index (κ2) is 4.85. The lowest BCUT2D eigenvalue weighted by molar-refractivity contribution is 0.229. The molecule has 2 N–H and O–H groups in total. The van der Waals surface area contributed by atoms with Crippen LogP contribution in [0.4, 0.5) is 0 Å². The van der Waals surface area contributed by atoms with Gasteiger partial charge in [-0.05, 0) is 25.8 Å². The molecule has 0 amide bonds. The van der Waals surface area contributed by atoms with E-state index in [9.17, 15) is 5.11 Å². The first-order chi connectivity index (χ1) is 7.79. The van der Waals surface area contributed by atoms with Crippen LogP contribution in [0.5, 0.6) is 5.75 Å². The quantitative estimate of drug-likeness (QED) is 0.768. The van der Waals surface area contributed by atoms with Gasteiger partial charge in [-0.3, -0.25) is 0 Å². The summed E-state index contributed by atoms with van der Waals surface area (Å²) < 4.78 is 5.55. The van der Waals surface area contributed by atoms with Crippen LogP contribution in [0.1, 0.15) is 25.3 Å². The standard InChI is InChI=1S/C13H19NO2/c1-2-16-12-6-4-3-5-11(12)9-14-13(10-15)7-8-13/h3-6,14-15H,2,7-10H2,1H3. The molecular weight excluding hydrogens is 202 g/mol. The molecule has 0 saturated heterocycles. The van der Waals surface area contributed by atoms with Crippen molar-refractivity contribution in [1.29, 1.82) is 0 Å². The summed E-state index contributed by atoms with van der Waals surface area (Å²) >= 11 is 0. The van der Waals surface area contributed by atoms with Crippen molar-refractivity contribution in [3.8, 4) is 5.75 Å². The van der Waals surface area contributed by atoms with Gasteiger partial charge in [-0.2, -0.15) is 0 Å². The number of rotatable bonds is 6. The van der Waals surface area contributed by atoms with Crippen molar-refractivity contribution in [2.24, 2.45) is 0 Å². The van der Waals surface area contributed by atoms with E-state index in [1.165, 1.54) is 0 Å². The van der Waals surface area contributed by atoms with Crippen molar-refractivity contribution in [2.45, 2.75) is 31.8 Å². The summed E-state index contributed by atoms with van der Waals surface area (Å²) in [6.07, 6.45) is 2.14. The van der Waals surface area contributed by atoms with Crippen LogP contribution in [-0.2, 0) is 6.54 Å². The molecule has 1 saturated carbocycles. The van der Waals surface area contributed by atoms with Crippen molar-refractivity contribution < 1.29 is 9.84 Å². The maximum atomic E-state index is 9.21. The Balaban J connectivity index is 1.97. The molecule has 0 aromatic heterocycles. The monoisotopic (exact) mass is 221 g/mol. The molecule has 0 radical (unpaired) electrons. The molecule has 2 rings (SSSR count). The summed E-state index contributed by atoms with van der Waals surface area (Å²) in [5.74, 6) is 0.936. The fourth-order valence-electron chi connectivity index (χ4n) is 1.77. The Bertz CT molecular complexity index is 348. The minimum Gasteiger partial charge on any atom is -0.494 e. The molecule has 0 atom stereocenters. The Morgan fingerprint density at radius 1 is 1.38 bits per heavy atom. The minimum absolute atomic E-state index is 0.0146. The summed E-state index contributed by atoms with van der Waals surface area (Å²) in [6.45, 7) is 3.66. The largest absolute Gasteiger partial charge is 0.494 e. The van der Waals surface area contributed by atoms with E-state index < -0.39 is 0 Å². The molecule has 16 heavy (non-hydrogen) atoms. The van der Waals surface area contributed by atoms with Gasteiger partial charge in [-0.25, -0.2) is 0 Å². The highest BCUT2D eigenvalue weighted by atomic mass is 16.5. The van der Waals surface area contributed by atoms with Crippen LogP contribution in [-0.4, -0.2) is 23.9 Å². The van der Waals surface area contributed by atoms with E-state index in [2.05, 4.69) is 11.4 Å². The lowest BCUT2D eigenvalue weighted by atomic mass is 10.2. The molecule has 0 bridgehead atoms. The number of nitrogens with one attached hydrogen (secondary N) is 1. The van der Waals surface area contributed by atoms with Crippen molar-refractivity contribution >= 4 is 0 Å². The van der Waals surface area contributed by atoms with E-state index >= 15 is 0 Å². The predicted octanol–water partition coefficient (Wildman–Crippen LogP) is 1.70. The van der Waals surface area contributed by atoms with Gasteiger partial charge in [-0.15, -0.1) is 0 Å². The van der Waals surface area contributed by atoms with E-state index in [0.717, 1.165) is 30.7 Å². The molecule has 1 aromatic rings. The lowest BCUT2D eigenvalue weighted by Crippen LogP contribution is -2.34. The van der Waals surface area contributed by atoms with Crippen LogP contribution in [0.3, 0.4) is 0 Å². The highest BCUT2D eigenvalue weighted by molar-refractivity contribution is 5.33. The van der Waals surface area contributed by atoms with Crippen molar-refractivity contribution in [3.05, 3.63) is 29.8 Å². The third-order valence-corrected chi connectivity index (χ3v) is 3.08. The summed E-state index contributed by atoms with van der Waals surface area (Å²) in [6, 6.07) is 8.04. The van der Waals surface area contributed by atoms with Gasteiger partial charge in [0.1, 0.15) is 5.75 Å². The first-order valence-corrected chi connectivity index (χ1v) is 5.86. The molecule has 3 nitrogen and oxygen atoms in total. The molecule has 0 spiro atoms. The first kappa shape index (κ1) is 11.4. The van der Waals surface area contributed by atoms with E-state index in [1.54, 1.807) is 0 Å².